The molecular weight excluding hydrogens is 422 g/mol. The third-order valence-electron chi connectivity index (χ3n) is 4.33. The highest BCUT2D eigenvalue weighted by molar-refractivity contribution is 7.98. The van der Waals surface area contributed by atoms with E-state index in [9.17, 15) is 4.79 Å². The second kappa shape index (κ2) is 9.94. The van der Waals surface area contributed by atoms with E-state index in [1.807, 2.05) is 18.2 Å². The smallest absolute Gasteiger partial charge is 0.315 e. The average molecular weight is 446 g/mol. The maximum Gasteiger partial charge on any atom is 0.315 e. The molecule has 164 valence electrons. The van der Waals surface area contributed by atoms with Gasteiger partial charge < -0.3 is 30.1 Å². The lowest BCUT2D eigenvalue weighted by atomic mass is 10.2. The lowest BCUT2D eigenvalue weighted by Gasteiger charge is -2.12. The number of nitrogens with two attached hydrogens (primary N) is 1. The number of nitrogens with one attached hydrogen (secondary N) is 1. The Morgan fingerprint density at radius 3 is 2.16 bits per heavy atom. The fourth-order valence-corrected chi connectivity index (χ4v) is 3.53. The molecule has 1 aromatic heterocycles. The molecule has 10 nitrogen and oxygen atoms in total. The minimum Gasteiger partial charge on any atom is -0.493 e. The Morgan fingerprint density at radius 2 is 1.52 bits per heavy atom. The van der Waals surface area contributed by atoms with Crippen LogP contribution < -0.4 is 35.7 Å². The van der Waals surface area contributed by atoms with Crippen LogP contribution in [0, 0.1) is 0 Å². The predicted molar refractivity (Wildman–Crippen MR) is 118 cm³/mol. The lowest BCUT2D eigenvalue weighted by Crippen LogP contribution is -2.32. The predicted octanol–water partition coefficient (Wildman–Crippen LogP) is 2.42. The summed E-state index contributed by atoms with van der Waals surface area (Å²) in [4.78, 5) is 12.6. The van der Waals surface area contributed by atoms with E-state index in [4.69, 9.17) is 24.8 Å². The third kappa shape index (κ3) is 4.94. The zero-order chi connectivity index (χ0) is 22.4. The first-order valence-electron chi connectivity index (χ1n) is 9.08. The molecule has 0 unspecified atom stereocenters. The fourth-order valence-electron chi connectivity index (χ4n) is 2.73. The largest absolute Gasteiger partial charge is 0.493 e. The van der Waals surface area contributed by atoms with Crippen molar-refractivity contribution in [3.8, 4) is 23.0 Å². The van der Waals surface area contributed by atoms with Gasteiger partial charge in [0.1, 0.15) is 0 Å². The first kappa shape index (κ1) is 22.1. The Labute approximate surface area is 183 Å². The van der Waals surface area contributed by atoms with E-state index in [1.54, 1.807) is 39.5 Å². The van der Waals surface area contributed by atoms with Crippen LogP contribution in [0.1, 0.15) is 5.56 Å². The molecule has 3 rings (SSSR count). The number of nitrogen functional groups attached to an aromatic ring is 1. The summed E-state index contributed by atoms with van der Waals surface area (Å²) in [5.74, 6) is 8.79. The second-order valence-electron chi connectivity index (χ2n) is 6.18. The van der Waals surface area contributed by atoms with Gasteiger partial charge in [-0.1, -0.05) is 17.8 Å². The van der Waals surface area contributed by atoms with Gasteiger partial charge in [0, 0.05) is 17.5 Å². The highest BCUT2D eigenvalue weighted by Gasteiger charge is 2.13. The summed E-state index contributed by atoms with van der Waals surface area (Å²) in [7, 11) is 6.22. The summed E-state index contributed by atoms with van der Waals surface area (Å²) in [6.45, 7) is 0. The van der Waals surface area contributed by atoms with Gasteiger partial charge in [-0.15, -0.1) is 10.2 Å². The number of nitrogens with zero attached hydrogens (tertiary/aromatic N) is 3. The Bertz CT molecular complexity index is 1120. The third-order valence-corrected chi connectivity index (χ3v) is 5.34. The number of anilines is 2. The van der Waals surface area contributed by atoms with Crippen LogP contribution in [-0.4, -0.2) is 43.3 Å². The summed E-state index contributed by atoms with van der Waals surface area (Å²) >= 11 is 1.28. The molecule has 1 heterocycles. The molecule has 3 N–H and O–H groups in total. The molecule has 0 spiro atoms. The summed E-state index contributed by atoms with van der Waals surface area (Å²) in [5, 5.41) is 11.3. The molecule has 0 saturated carbocycles. The van der Waals surface area contributed by atoms with Crippen molar-refractivity contribution in [2.24, 2.45) is 0 Å². The van der Waals surface area contributed by atoms with E-state index >= 15 is 0 Å². The Hall–Kier alpha value is -3.60. The van der Waals surface area contributed by atoms with Crippen LogP contribution in [0.15, 0.2) is 46.3 Å². The number of aromatic nitrogens is 3. The molecule has 3 aromatic rings. The van der Waals surface area contributed by atoms with Gasteiger partial charge in [0.25, 0.3) is 0 Å². The van der Waals surface area contributed by atoms with Gasteiger partial charge in [-0.3, -0.25) is 4.79 Å². The van der Waals surface area contributed by atoms with Gasteiger partial charge in [-0.2, -0.15) is 4.68 Å². The van der Waals surface area contributed by atoms with E-state index < -0.39 is 5.56 Å². The first-order chi connectivity index (χ1) is 15.0. The molecule has 0 fully saturated rings. The summed E-state index contributed by atoms with van der Waals surface area (Å²) in [5.41, 5.74) is 1.01. The summed E-state index contributed by atoms with van der Waals surface area (Å²) < 4.78 is 22.0. The minimum atomic E-state index is -0.514. The topological polar surface area (TPSA) is 123 Å². The zero-order valence-corrected chi connectivity index (χ0v) is 18.4. The van der Waals surface area contributed by atoms with Crippen molar-refractivity contribution in [2.45, 2.75) is 10.9 Å². The van der Waals surface area contributed by atoms with Crippen LogP contribution in [0.4, 0.5) is 11.5 Å². The van der Waals surface area contributed by atoms with Gasteiger partial charge in [-0.05, 0) is 29.8 Å². The van der Waals surface area contributed by atoms with Crippen molar-refractivity contribution >= 4 is 23.3 Å². The minimum absolute atomic E-state index is 0.00909. The molecule has 31 heavy (non-hydrogen) atoms. The molecule has 0 radical (unpaired) electrons. The van der Waals surface area contributed by atoms with E-state index in [0.29, 0.717) is 34.4 Å². The highest BCUT2D eigenvalue weighted by Crippen LogP contribution is 2.31. The van der Waals surface area contributed by atoms with Crippen LogP contribution in [0.5, 0.6) is 23.0 Å². The van der Waals surface area contributed by atoms with Crippen molar-refractivity contribution in [2.75, 3.05) is 39.6 Å². The van der Waals surface area contributed by atoms with E-state index in [1.165, 1.54) is 18.9 Å². The van der Waals surface area contributed by atoms with Crippen LogP contribution in [0.3, 0.4) is 0 Å². The highest BCUT2D eigenvalue weighted by atomic mass is 32.2. The SMILES string of the molecule is COc1ccc(CSc2nnc(Nc3ccc(OC)c(OC)c3)c(=O)n2N)cc1OC. The number of hydrogen-bond donors (Lipinski definition) is 2. The standard InChI is InChI=1S/C20H23N5O5S/c1-27-14-7-5-12(9-16(14)29-3)11-31-20-24-23-18(19(26)25(20)21)22-13-6-8-15(28-2)17(10-13)30-4/h5-10H,11,21H2,1-4H3,(H,22,23). The van der Waals surface area contributed by atoms with E-state index in [-0.39, 0.29) is 11.0 Å². The monoisotopic (exact) mass is 445 g/mol. The van der Waals surface area contributed by atoms with Crippen LogP contribution in [-0.2, 0) is 5.75 Å². The van der Waals surface area contributed by atoms with Gasteiger partial charge in [0.05, 0.1) is 28.4 Å². The maximum atomic E-state index is 12.6. The second-order valence-corrected chi connectivity index (χ2v) is 7.12. The van der Waals surface area contributed by atoms with Crippen molar-refractivity contribution < 1.29 is 18.9 Å². The number of ether oxygens (including phenoxy) is 4. The molecule has 0 saturated heterocycles. The van der Waals surface area contributed by atoms with E-state index in [0.717, 1.165) is 10.2 Å². The molecule has 0 aliphatic carbocycles. The van der Waals surface area contributed by atoms with E-state index in [2.05, 4.69) is 15.5 Å². The number of hydrogen-bond acceptors (Lipinski definition) is 10. The molecule has 0 aliphatic heterocycles. The van der Waals surface area contributed by atoms with Crippen LogP contribution in [0.2, 0.25) is 0 Å². The number of thioether (sulfide) groups is 1. The molecule has 0 amide bonds. The van der Waals surface area contributed by atoms with Crippen LogP contribution in [0.25, 0.3) is 0 Å². The molecule has 2 aromatic carbocycles. The van der Waals surface area contributed by atoms with Crippen molar-refractivity contribution in [1.82, 2.24) is 14.9 Å². The van der Waals surface area contributed by atoms with Crippen molar-refractivity contribution in [3.63, 3.8) is 0 Å². The zero-order valence-electron chi connectivity index (χ0n) is 17.5. The van der Waals surface area contributed by atoms with Crippen molar-refractivity contribution in [1.29, 1.82) is 0 Å². The Balaban J connectivity index is 1.76. The molecule has 0 aliphatic rings. The maximum absolute atomic E-state index is 12.6. The first-order valence-corrected chi connectivity index (χ1v) is 10.1. The number of rotatable bonds is 9. The van der Waals surface area contributed by atoms with Gasteiger partial charge in [0.2, 0.25) is 11.0 Å². The quantitative estimate of drug-likeness (QED) is 0.375. The fraction of sp³-hybridized carbons (Fsp3) is 0.250. The van der Waals surface area contributed by atoms with Gasteiger partial charge >= 0.3 is 5.56 Å². The lowest BCUT2D eigenvalue weighted by molar-refractivity contribution is 0.354. The molecule has 0 atom stereocenters. The normalized spacial score (nSPS) is 10.5. The summed E-state index contributed by atoms with van der Waals surface area (Å²) in [6, 6.07) is 10.7. The van der Waals surface area contributed by atoms with Crippen molar-refractivity contribution in [3.05, 3.63) is 52.3 Å². The van der Waals surface area contributed by atoms with Gasteiger partial charge in [-0.25, -0.2) is 0 Å². The van der Waals surface area contributed by atoms with Gasteiger partial charge in [0.15, 0.2) is 23.0 Å². The average Bonchev–Trinajstić information content (AvgIpc) is 2.81. The van der Waals surface area contributed by atoms with Crippen LogP contribution >= 0.6 is 11.8 Å². The number of benzene rings is 2. The molecule has 11 heteroatoms. The Kier molecular flexibility index (Phi) is 7.08. The molecule has 0 bridgehead atoms. The Morgan fingerprint density at radius 1 is 0.903 bits per heavy atom. The summed E-state index contributed by atoms with van der Waals surface area (Å²) in [6.07, 6.45) is 0. The molecular formula is C20H23N5O5S. The number of methoxy groups -OCH3 is 4.